The number of amides is 1. The van der Waals surface area contributed by atoms with Crippen molar-refractivity contribution in [2.24, 2.45) is 0 Å². The largest absolute Gasteiger partial charge is 0.364 e. The van der Waals surface area contributed by atoms with Crippen molar-refractivity contribution >= 4 is 33.3 Å². The maximum atomic E-state index is 12.5. The van der Waals surface area contributed by atoms with Gasteiger partial charge >= 0.3 is 0 Å². The molecule has 9 heteroatoms. The maximum absolute atomic E-state index is 12.5. The summed E-state index contributed by atoms with van der Waals surface area (Å²) in [6.07, 6.45) is 0.172. The van der Waals surface area contributed by atoms with Gasteiger partial charge < -0.3 is 10.6 Å². The number of nitrogens with one attached hydrogen (secondary N) is 3. The molecule has 0 fully saturated rings. The van der Waals surface area contributed by atoms with E-state index >= 15 is 0 Å². The Morgan fingerprint density at radius 1 is 1.08 bits per heavy atom. The summed E-state index contributed by atoms with van der Waals surface area (Å²) in [5, 5.41) is 13.7. The highest BCUT2D eigenvalue weighted by Crippen LogP contribution is 2.26. The molecule has 2 aromatic rings. The third-order valence-corrected chi connectivity index (χ3v) is 4.77. The number of hydrogen-bond acceptors (Lipinski definition) is 6. The molecule has 25 heavy (non-hydrogen) atoms. The average Bonchev–Trinajstić information content (AvgIpc) is 2.86. The fraction of sp³-hybridized carbons (Fsp3) is 0.312. The van der Waals surface area contributed by atoms with E-state index in [0.29, 0.717) is 17.1 Å². The van der Waals surface area contributed by atoms with E-state index < -0.39 is 10.0 Å². The number of aromatic nitrogens is 2. The van der Waals surface area contributed by atoms with Gasteiger partial charge in [-0.15, -0.1) is 10.2 Å². The number of benzene rings is 1. The lowest BCUT2D eigenvalue weighted by Gasteiger charge is -2.20. The summed E-state index contributed by atoms with van der Waals surface area (Å²) in [4.78, 5) is 11.5. The van der Waals surface area contributed by atoms with Crippen LogP contribution < -0.4 is 15.4 Å². The fourth-order valence-corrected chi connectivity index (χ4v) is 3.45. The summed E-state index contributed by atoms with van der Waals surface area (Å²) >= 11 is 0. The van der Waals surface area contributed by atoms with Crippen LogP contribution in [0.4, 0.5) is 17.3 Å². The van der Waals surface area contributed by atoms with Gasteiger partial charge in [0, 0.05) is 11.2 Å². The van der Waals surface area contributed by atoms with E-state index in [-0.39, 0.29) is 28.6 Å². The van der Waals surface area contributed by atoms with E-state index in [4.69, 9.17) is 0 Å². The Balaban J connectivity index is 1.78. The summed E-state index contributed by atoms with van der Waals surface area (Å²) in [5.74, 6) is 0.525. The average molecular weight is 361 g/mol. The second kappa shape index (κ2) is 5.99. The number of carbonyl (C=O) groups is 1. The monoisotopic (exact) mass is 361 g/mol. The second-order valence-electron chi connectivity index (χ2n) is 6.83. The van der Waals surface area contributed by atoms with Crippen LogP contribution in [0.5, 0.6) is 0 Å². The number of carbonyl (C=O) groups excluding carboxylic acids is 1. The first-order valence-corrected chi connectivity index (χ1v) is 9.18. The van der Waals surface area contributed by atoms with Crippen LogP contribution >= 0.6 is 0 Å². The molecular weight excluding hydrogens is 342 g/mol. The molecule has 8 nitrogen and oxygen atoms in total. The summed E-state index contributed by atoms with van der Waals surface area (Å²) in [7, 11) is -3.81. The lowest BCUT2D eigenvalue weighted by atomic mass is 10.1. The van der Waals surface area contributed by atoms with E-state index in [0.717, 1.165) is 0 Å². The summed E-state index contributed by atoms with van der Waals surface area (Å²) in [6, 6.07) is 7.70. The van der Waals surface area contributed by atoms with Gasteiger partial charge in [-0.05, 0) is 56.7 Å². The molecule has 0 saturated carbocycles. The Bertz CT molecular complexity index is 918. The first-order valence-electron chi connectivity index (χ1n) is 7.70. The van der Waals surface area contributed by atoms with Gasteiger partial charge in [0.25, 0.3) is 10.0 Å². The van der Waals surface area contributed by atoms with E-state index in [1.165, 1.54) is 18.2 Å². The van der Waals surface area contributed by atoms with E-state index in [9.17, 15) is 13.2 Å². The quantitative estimate of drug-likeness (QED) is 0.767. The van der Waals surface area contributed by atoms with Crippen molar-refractivity contribution in [1.29, 1.82) is 0 Å². The van der Waals surface area contributed by atoms with Crippen LogP contribution in [0.25, 0.3) is 0 Å². The smallest absolute Gasteiger partial charge is 0.263 e. The van der Waals surface area contributed by atoms with Crippen LogP contribution in [0.1, 0.15) is 26.3 Å². The number of sulfonamides is 1. The summed E-state index contributed by atoms with van der Waals surface area (Å²) in [5.41, 5.74) is 1.12. The van der Waals surface area contributed by atoms with Crippen LogP contribution in [0, 0.1) is 0 Å². The zero-order chi connectivity index (χ0) is 18.2. The molecule has 3 N–H and O–H groups in total. The zero-order valence-corrected chi connectivity index (χ0v) is 14.9. The van der Waals surface area contributed by atoms with Gasteiger partial charge in [-0.25, -0.2) is 8.42 Å². The van der Waals surface area contributed by atoms with Gasteiger partial charge in [-0.1, -0.05) is 0 Å². The standard InChI is InChI=1S/C16H19N5O3S/c1-16(2,3)18-13-6-7-14(20-19-13)21-25(23,24)11-4-5-12-10(8-11)9-15(22)17-12/h4-8H,9H2,1-3H3,(H,17,22)(H,18,19)(H,20,21). The SMILES string of the molecule is CC(C)(C)Nc1ccc(NS(=O)(=O)c2ccc3c(c2)CC(=O)N3)nn1. The topological polar surface area (TPSA) is 113 Å². The van der Waals surface area contributed by atoms with Crippen LogP contribution in [0.3, 0.4) is 0 Å². The third-order valence-electron chi connectivity index (χ3n) is 3.42. The van der Waals surface area contributed by atoms with E-state index in [2.05, 4.69) is 25.6 Å². The molecule has 0 atom stereocenters. The van der Waals surface area contributed by atoms with Crippen molar-refractivity contribution < 1.29 is 13.2 Å². The molecule has 3 rings (SSSR count). The number of nitrogens with zero attached hydrogens (tertiary/aromatic N) is 2. The number of anilines is 3. The van der Waals surface area contributed by atoms with E-state index in [1.807, 2.05) is 20.8 Å². The van der Waals surface area contributed by atoms with Crippen LogP contribution in [0.15, 0.2) is 35.2 Å². The zero-order valence-electron chi connectivity index (χ0n) is 14.1. The first kappa shape index (κ1) is 17.2. The second-order valence-corrected chi connectivity index (χ2v) is 8.51. The van der Waals surface area contributed by atoms with Crippen molar-refractivity contribution in [2.45, 2.75) is 37.6 Å². The van der Waals surface area contributed by atoms with Crippen molar-refractivity contribution in [1.82, 2.24) is 10.2 Å². The lowest BCUT2D eigenvalue weighted by Crippen LogP contribution is -2.26. The highest BCUT2D eigenvalue weighted by atomic mass is 32.2. The molecule has 0 bridgehead atoms. The molecule has 1 aliphatic heterocycles. The summed E-state index contributed by atoms with van der Waals surface area (Å²) in [6.45, 7) is 5.95. The number of fused-ring (bicyclic) bond motifs is 1. The third kappa shape index (κ3) is 4.05. The normalized spacial score (nSPS) is 14.0. The predicted molar refractivity (Wildman–Crippen MR) is 95.0 cm³/mol. The van der Waals surface area contributed by atoms with Crippen LogP contribution in [-0.2, 0) is 21.2 Å². The van der Waals surface area contributed by atoms with Crippen LogP contribution in [0.2, 0.25) is 0 Å². The highest BCUT2D eigenvalue weighted by molar-refractivity contribution is 7.92. The maximum Gasteiger partial charge on any atom is 0.263 e. The molecule has 1 aromatic heterocycles. The van der Waals surface area contributed by atoms with Gasteiger partial charge in [0.2, 0.25) is 5.91 Å². The molecule has 132 valence electrons. The van der Waals surface area contributed by atoms with Gasteiger partial charge in [0.1, 0.15) is 5.82 Å². The van der Waals surface area contributed by atoms with Crippen molar-refractivity contribution in [3.8, 4) is 0 Å². The molecule has 0 unspecified atom stereocenters. The van der Waals surface area contributed by atoms with Gasteiger partial charge in [0.05, 0.1) is 11.3 Å². The van der Waals surface area contributed by atoms with Crippen LogP contribution in [-0.4, -0.2) is 30.1 Å². The van der Waals surface area contributed by atoms with Gasteiger partial charge in [0.15, 0.2) is 5.82 Å². The molecule has 0 radical (unpaired) electrons. The molecule has 2 heterocycles. The highest BCUT2D eigenvalue weighted by Gasteiger charge is 2.22. The van der Waals surface area contributed by atoms with Gasteiger partial charge in [-0.3, -0.25) is 9.52 Å². The number of rotatable bonds is 4. The van der Waals surface area contributed by atoms with Crippen molar-refractivity contribution in [2.75, 3.05) is 15.4 Å². The van der Waals surface area contributed by atoms with Gasteiger partial charge in [-0.2, -0.15) is 0 Å². The fourth-order valence-electron chi connectivity index (χ4n) is 2.41. The Morgan fingerprint density at radius 3 is 2.40 bits per heavy atom. The molecular formula is C16H19N5O3S. The predicted octanol–water partition coefficient (Wildman–Crippen LogP) is 1.98. The first-order chi connectivity index (χ1) is 11.6. The number of hydrogen-bond donors (Lipinski definition) is 3. The Hall–Kier alpha value is -2.68. The molecule has 0 aliphatic carbocycles. The molecule has 0 spiro atoms. The lowest BCUT2D eigenvalue weighted by molar-refractivity contribution is -0.115. The molecule has 1 aliphatic rings. The Labute approximate surface area is 146 Å². The molecule has 1 amide bonds. The minimum absolute atomic E-state index is 0.0708. The molecule has 1 aromatic carbocycles. The van der Waals surface area contributed by atoms with Crippen molar-refractivity contribution in [3.63, 3.8) is 0 Å². The molecule has 0 saturated heterocycles. The minimum atomic E-state index is -3.81. The Morgan fingerprint density at radius 2 is 1.76 bits per heavy atom. The van der Waals surface area contributed by atoms with E-state index in [1.54, 1.807) is 12.1 Å². The minimum Gasteiger partial charge on any atom is -0.364 e. The summed E-state index contributed by atoms with van der Waals surface area (Å²) < 4.78 is 27.4. The van der Waals surface area contributed by atoms with Crippen molar-refractivity contribution in [3.05, 3.63) is 35.9 Å². The Kier molecular flexibility index (Phi) is 4.11.